The van der Waals surface area contributed by atoms with Gasteiger partial charge in [0.05, 0.1) is 11.2 Å². The summed E-state index contributed by atoms with van der Waals surface area (Å²) in [6.45, 7) is 4.41. The zero-order valence-corrected chi connectivity index (χ0v) is 12.6. The first kappa shape index (κ1) is 13.3. The van der Waals surface area contributed by atoms with Crippen LogP contribution >= 0.6 is 11.8 Å². The van der Waals surface area contributed by atoms with Crippen molar-refractivity contribution in [2.45, 2.75) is 62.0 Å². The lowest BCUT2D eigenvalue weighted by Crippen LogP contribution is -2.35. The first-order chi connectivity index (χ1) is 9.10. The molecule has 1 aliphatic heterocycles. The van der Waals surface area contributed by atoms with Crippen LogP contribution in [-0.4, -0.2) is 11.2 Å². The summed E-state index contributed by atoms with van der Waals surface area (Å²) in [4.78, 5) is 2.68. The van der Waals surface area contributed by atoms with E-state index < -0.39 is 0 Å². The molecular formula is C17H22OS. The highest BCUT2D eigenvalue weighted by atomic mass is 32.2. The summed E-state index contributed by atoms with van der Waals surface area (Å²) in [6.07, 6.45) is 8.76. The second-order valence-electron chi connectivity index (χ2n) is 6.16. The topological polar surface area (TPSA) is 9.23 Å². The predicted molar refractivity (Wildman–Crippen MR) is 81.4 cm³/mol. The van der Waals surface area contributed by atoms with E-state index in [0.717, 1.165) is 0 Å². The van der Waals surface area contributed by atoms with Crippen molar-refractivity contribution >= 4 is 11.8 Å². The van der Waals surface area contributed by atoms with Crippen molar-refractivity contribution in [2.75, 3.05) is 0 Å². The summed E-state index contributed by atoms with van der Waals surface area (Å²) in [5.74, 6) is 0. The highest BCUT2D eigenvalue weighted by Crippen LogP contribution is 2.49. The number of thioether (sulfide) groups is 1. The third-order valence-electron chi connectivity index (χ3n) is 4.12. The van der Waals surface area contributed by atoms with Crippen molar-refractivity contribution in [3.63, 3.8) is 0 Å². The molecule has 1 aromatic carbocycles. The van der Waals surface area contributed by atoms with Gasteiger partial charge in [-0.3, -0.25) is 0 Å². The second kappa shape index (κ2) is 4.99. The Kier molecular flexibility index (Phi) is 3.48. The van der Waals surface area contributed by atoms with Gasteiger partial charge in [-0.25, -0.2) is 0 Å². The summed E-state index contributed by atoms with van der Waals surface area (Å²) < 4.78 is 6.45. The lowest BCUT2D eigenvalue weighted by Gasteiger charge is -2.35. The van der Waals surface area contributed by atoms with E-state index >= 15 is 0 Å². The minimum Gasteiger partial charge on any atom is -0.360 e. The third-order valence-corrected chi connectivity index (χ3v) is 5.45. The van der Waals surface area contributed by atoms with Crippen molar-refractivity contribution in [3.05, 3.63) is 41.3 Å². The molecule has 102 valence electrons. The normalized spacial score (nSPS) is 24.4. The molecule has 0 unspecified atom stereocenters. The molecule has 0 atom stereocenters. The zero-order valence-electron chi connectivity index (χ0n) is 11.8. The molecule has 19 heavy (non-hydrogen) atoms. The Morgan fingerprint density at radius 2 is 1.68 bits per heavy atom. The molecule has 2 aliphatic rings. The molecule has 1 spiro atoms. The third kappa shape index (κ3) is 2.75. The van der Waals surface area contributed by atoms with Crippen molar-refractivity contribution in [1.82, 2.24) is 0 Å². The summed E-state index contributed by atoms with van der Waals surface area (Å²) in [7, 11) is 0. The minimum absolute atomic E-state index is 0.0267. The number of hydrogen-bond acceptors (Lipinski definition) is 2. The van der Waals surface area contributed by atoms with Gasteiger partial charge in [-0.15, -0.1) is 0 Å². The molecule has 3 rings (SSSR count). The number of benzene rings is 1. The molecule has 0 aromatic heterocycles. The van der Waals surface area contributed by atoms with Crippen molar-refractivity contribution in [1.29, 1.82) is 0 Å². The van der Waals surface area contributed by atoms with Crippen LogP contribution in [0.3, 0.4) is 0 Å². The molecule has 1 aromatic rings. The molecule has 1 saturated carbocycles. The van der Waals surface area contributed by atoms with Crippen molar-refractivity contribution in [3.8, 4) is 0 Å². The van der Waals surface area contributed by atoms with Crippen LogP contribution in [0.4, 0.5) is 0 Å². The van der Waals surface area contributed by atoms with Gasteiger partial charge in [0.1, 0.15) is 0 Å². The maximum atomic E-state index is 6.45. The molecule has 2 heteroatoms. The molecule has 0 radical (unpaired) electrons. The van der Waals surface area contributed by atoms with Gasteiger partial charge in [-0.05, 0) is 44.9 Å². The van der Waals surface area contributed by atoms with Crippen LogP contribution in [0.2, 0.25) is 0 Å². The Morgan fingerprint density at radius 1 is 1.00 bits per heavy atom. The molecule has 0 amide bonds. The summed E-state index contributed by atoms with van der Waals surface area (Å²) >= 11 is 1.86. The van der Waals surface area contributed by atoms with Crippen LogP contribution in [0.1, 0.15) is 46.0 Å². The van der Waals surface area contributed by atoms with Crippen LogP contribution in [0.5, 0.6) is 0 Å². The van der Waals surface area contributed by atoms with E-state index in [2.05, 4.69) is 50.3 Å². The number of hydrogen-bond donors (Lipinski definition) is 0. The smallest absolute Gasteiger partial charge is 0.0946 e. The van der Waals surface area contributed by atoms with E-state index in [4.69, 9.17) is 4.74 Å². The average molecular weight is 274 g/mol. The van der Waals surface area contributed by atoms with E-state index in [-0.39, 0.29) is 11.2 Å². The Morgan fingerprint density at radius 3 is 2.37 bits per heavy atom. The van der Waals surface area contributed by atoms with Gasteiger partial charge in [0.25, 0.3) is 0 Å². The quantitative estimate of drug-likeness (QED) is 0.735. The fourth-order valence-electron chi connectivity index (χ4n) is 3.17. The Labute approximate surface area is 120 Å². The molecule has 0 bridgehead atoms. The van der Waals surface area contributed by atoms with Crippen LogP contribution in [0, 0.1) is 0 Å². The standard InChI is InChI=1S/C17H22OS/c1-16(2)15(19-14-9-5-3-6-10-14)13-17(18-16)11-7-4-8-12-17/h3,5-6,9-10,13H,4,7-8,11-12H2,1-2H3. The first-order valence-corrected chi connectivity index (χ1v) is 8.08. The summed E-state index contributed by atoms with van der Waals surface area (Å²) in [6, 6.07) is 10.6. The van der Waals surface area contributed by atoms with Gasteiger partial charge in [0.2, 0.25) is 0 Å². The molecule has 1 heterocycles. The maximum Gasteiger partial charge on any atom is 0.0946 e. The molecule has 1 nitrogen and oxygen atoms in total. The zero-order chi connectivity index (χ0) is 13.3. The number of ether oxygens (including phenoxy) is 1. The fourth-order valence-corrected chi connectivity index (χ4v) is 4.27. The van der Waals surface area contributed by atoms with Crippen LogP contribution in [0.25, 0.3) is 0 Å². The van der Waals surface area contributed by atoms with Gasteiger partial charge in [0, 0.05) is 9.80 Å². The molecular weight excluding hydrogens is 252 g/mol. The summed E-state index contributed by atoms with van der Waals surface area (Å²) in [5, 5.41) is 0. The van der Waals surface area contributed by atoms with E-state index in [0.29, 0.717) is 0 Å². The Hall–Kier alpha value is -0.730. The number of rotatable bonds is 2. The van der Waals surface area contributed by atoms with Crippen LogP contribution in [0.15, 0.2) is 46.2 Å². The summed E-state index contributed by atoms with van der Waals surface area (Å²) in [5.41, 5.74) is -0.114. The average Bonchev–Trinajstić information content (AvgIpc) is 2.62. The van der Waals surface area contributed by atoms with Crippen LogP contribution in [-0.2, 0) is 4.74 Å². The lowest BCUT2D eigenvalue weighted by molar-refractivity contribution is -0.0879. The second-order valence-corrected chi connectivity index (χ2v) is 7.28. The van der Waals surface area contributed by atoms with Gasteiger partial charge < -0.3 is 4.74 Å². The van der Waals surface area contributed by atoms with Gasteiger partial charge in [0.15, 0.2) is 0 Å². The molecule has 0 N–H and O–H groups in total. The van der Waals surface area contributed by atoms with Gasteiger partial charge in [-0.1, -0.05) is 49.2 Å². The Bertz CT molecular complexity index is 469. The van der Waals surface area contributed by atoms with Crippen molar-refractivity contribution in [2.24, 2.45) is 0 Å². The predicted octanol–water partition coefficient (Wildman–Crippen LogP) is 5.17. The Balaban J connectivity index is 1.84. The lowest BCUT2D eigenvalue weighted by atomic mass is 9.85. The highest BCUT2D eigenvalue weighted by molar-refractivity contribution is 8.03. The van der Waals surface area contributed by atoms with E-state index in [1.54, 1.807) is 0 Å². The van der Waals surface area contributed by atoms with Crippen LogP contribution < -0.4 is 0 Å². The van der Waals surface area contributed by atoms with E-state index in [1.165, 1.54) is 41.9 Å². The monoisotopic (exact) mass is 274 g/mol. The van der Waals surface area contributed by atoms with Gasteiger partial charge in [-0.2, -0.15) is 0 Å². The molecule has 1 aliphatic carbocycles. The minimum atomic E-state index is -0.141. The van der Waals surface area contributed by atoms with Gasteiger partial charge >= 0.3 is 0 Å². The SMILES string of the molecule is CC1(C)OC2(C=C1Sc1ccccc1)CCCCC2. The first-order valence-electron chi connectivity index (χ1n) is 7.26. The van der Waals surface area contributed by atoms with E-state index in [9.17, 15) is 0 Å². The largest absolute Gasteiger partial charge is 0.360 e. The fraction of sp³-hybridized carbons (Fsp3) is 0.529. The maximum absolute atomic E-state index is 6.45. The highest BCUT2D eigenvalue weighted by Gasteiger charge is 2.45. The van der Waals surface area contributed by atoms with E-state index in [1.807, 2.05) is 11.8 Å². The molecule has 1 fully saturated rings. The molecule has 0 saturated heterocycles. The van der Waals surface area contributed by atoms with Crippen molar-refractivity contribution < 1.29 is 4.74 Å².